The van der Waals surface area contributed by atoms with Crippen molar-refractivity contribution in [1.29, 1.82) is 5.41 Å². The molecule has 1 aromatic carbocycles. The van der Waals surface area contributed by atoms with Crippen LogP contribution in [0.25, 0.3) is 0 Å². The van der Waals surface area contributed by atoms with Gasteiger partial charge in [0.1, 0.15) is 5.84 Å². The number of nitrogens with zero attached hydrogens (tertiary/aromatic N) is 2. The molecule has 0 fully saturated rings. The number of fused-ring (bicyclic) bond motifs is 1. The van der Waals surface area contributed by atoms with Gasteiger partial charge in [-0.15, -0.1) is 0 Å². The number of pyridine rings is 1. The molecule has 0 bridgehead atoms. The SMILES string of the molecule is N=C1c2ccccc2CN1Cc1ccccn1. The Morgan fingerprint density at radius 2 is 1.94 bits per heavy atom. The Labute approximate surface area is 100 Å². The predicted molar refractivity (Wildman–Crippen MR) is 66.8 cm³/mol. The first kappa shape index (κ1) is 10.0. The van der Waals surface area contributed by atoms with Crippen LogP contribution in [0.1, 0.15) is 16.8 Å². The molecule has 0 saturated carbocycles. The summed E-state index contributed by atoms with van der Waals surface area (Å²) in [6, 6.07) is 14.0. The van der Waals surface area contributed by atoms with Crippen LogP contribution >= 0.6 is 0 Å². The lowest BCUT2D eigenvalue weighted by Gasteiger charge is -2.16. The molecule has 17 heavy (non-hydrogen) atoms. The van der Waals surface area contributed by atoms with Crippen molar-refractivity contribution in [2.24, 2.45) is 0 Å². The second kappa shape index (κ2) is 4.01. The van der Waals surface area contributed by atoms with E-state index in [1.807, 2.05) is 41.3 Å². The van der Waals surface area contributed by atoms with Crippen LogP contribution in [-0.2, 0) is 13.1 Å². The molecule has 0 amide bonds. The molecular weight excluding hydrogens is 210 g/mol. The summed E-state index contributed by atoms with van der Waals surface area (Å²) in [5.41, 5.74) is 3.28. The molecule has 0 radical (unpaired) electrons. The van der Waals surface area contributed by atoms with E-state index in [1.54, 1.807) is 6.20 Å². The third kappa shape index (κ3) is 1.80. The molecule has 0 unspecified atom stereocenters. The van der Waals surface area contributed by atoms with E-state index in [4.69, 9.17) is 5.41 Å². The van der Waals surface area contributed by atoms with Gasteiger partial charge in [0.25, 0.3) is 0 Å². The molecule has 1 aliphatic rings. The fourth-order valence-electron chi connectivity index (χ4n) is 2.17. The highest BCUT2D eigenvalue weighted by Crippen LogP contribution is 2.23. The molecule has 2 aromatic rings. The van der Waals surface area contributed by atoms with Crippen molar-refractivity contribution in [3.63, 3.8) is 0 Å². The number of nitrogens with one attached hydrogen (secondary N) is 1. The van der Waals surface area contributed by atoms with Crippen LogP contribution in [0, 0.1) is 5.41 Å². The van der Waals surface area contributed by atoms with Crippen molar-refractivity contribution in [2.75, 3.05) is 0 Å². The molecule has 3 rings (SSSR count). The molecule has 2 heterocycles. The average molecular weight is 223 g/mol. The minimum Gasteiger partial charge on any atom is -0.346 e. The van der Waals surface area contributed by atoms with Crippen LogP contribution in [0.4, 0.5) is 0 Å². The number of aromatic nitrogens is 1. The van der Waals surface area contributed by atoms with Gasteiger partial charge >= 0.3 is 0 Å². The molecule has 0 saturated heterocycles. The molecule has 0 spiro atoms. The first-order chi connectivity index (χ1) is 8.34. The van der Waals surface area contributed by atoms with E-state index in [2.05, 4.69) is 11.1 Å². The summed E-state index contributed by atoms with van der Waals surface area (Å²) >= 11 is 0. The van der Waals surface area contributed by atoms with Gasteiger partial charge < -0.3 is 4.90 Å². The van der Waals surface area contributed by atoms with E-state index >= 15 is 0 Å². The van der Waals surface area contributed by atoms with Crippen LogP contribution in [0.2, 0.25) is 0 Å². The maximum absolute atomic E-state index is 8.14. The van der Waals surface area contributed by atoms with E-state index in [9.17, 15) is 0 Å². The monoisotopic (exact) mass is 223 g/mol. The maximum atomic E-state index is 8.14. The van der Waals surface area contributed by atoms with Gasteiger partial charge in [-0.25, -0.2) is 0 Å². The fraction of sp³-hybridized carbons (Fsp3) is 0.143. The lowest BCUT2D eigenvalue weighted by Crippen LogP contribution is -2.23. The highest BCUT2D eigenvalue weighted by molar-refractivity contribution is 6.00. The third-order valence-electron chi connectivity index (χ3n) is 3.03. The van der Waals surface area contributed by atoms with Gasteiger partial charge in [0.05, 0.1) is 12.2 Å². The summed E-state index contributed by atoms with van der Waals surface area (Å²) in [5, 5.41) is 8.14. The Bertz CT molecular complexity index is 548. The smallest absolute Gasteiger partial charge is 0.129 e. The number of amidine groups is 1. The van der Waals surface area contributed by atoms with Crippen LogP contribution in [0.3, 0.4) is 0 Å². The summed E-state index contributed by atoms with van der Waals surface area (Å²) in [5.74, 6) is 0.603. The molecule has 1 aromatic heterocycles. The van der Waals surface area contributed by atoms with Gasteiger partial charge in [0.15, 0.2) is 0 Å². The molecule has 0 aliphatic carbocycles. The number of hydrogen-bond acceptors (Lipinski definition) is 2. The number of hydrogen-bond donors (Lipinski definition) is 1. The van der Waals surface area contributed by atoms with E-state index in [-0.39, 0.29) is 0 Å². The normalized spacial score (nSPS) is 13.9. The summed E-state index contributed by atoms with van der Waals surface area (Å²) in [4.78, 5) is 6.35. The largest absolute Gasteiger partial charge is 0.346 e. The molecular formula is C14H13N3. The Kier molecular flexibility index (Phi) is 2.37. The maximum Gasteiger partial charge on any atom is 0.129 e. The Hall–Kier alpha value is -2.16. The minimum atomic E-state index is 0.603. The molecule has 1 aliphatic heterocycles. The Balaban J connectivity index is 1.83. The van der Waals surface area contributed by atoms with Crippen molar-refractivity contribution < 1.29 is 0 Å². The second-order valence-electron chi connectivity index (χ2n) is 4.18. The molecule has 3 nitrogen and oxygen atoms in total. The highest BCUT2D eigenvalue weighted by Gasteiger charge is 2.23. The zero-order valence-corrected chi connectivity index (χ0v) is 9.43. The van der Waals surface area contributed by atoms with Crippen molar-refractivity contribution in [3.05, 3.63) is 65.5 Å². The Morgan fingerprint density at radius 3 is 2.71 bits per heavy atom. The van der Waals surface area contributed by atoms with Crippen molar-refractivity contribution in [3.8, 4) is 0 Å². The molecule has 3 heteroatoms. The van der Waals surface area contributed by atoms with E-state index in [0.717, 1.165) is 17.8 Å². The van der Waals surface area contributed by atoms with E-state index < -0.39 is 0 Å². The summed E-state index contributed by atoms with van der Waals surface area (Å²) in [6.07, 6.45) is 1.79. The zero-order valence-electron chi connectivity index (χ0n) is 9.43. The van der Waals surface area contributed by atoms with Crippen molar-refractivity contribution in [1.82, 2.24) is 9.88 Å². The van der Waals surface area contributed by atoms with Gasteiger partial charge in [-0.3, -0.25) is 10.4 Å². The van der Waals surface area contributed by atoms with Crippen LogP contribution < -0.4 is 0 Å². The first-order valence-electron chi connectivity index (χ1n) is 5.66. The van der Waals surface area contributed by atoms with Crippen LogP contribution in [0.15, 0.2) is 48.7 Å². The highest BCUT2D eigenvalue weighted by atomic mass is 15.2. The van der Waals surface area contributed by atoms with Gasteiger partial charge in [-0.05, 0) is 17.7 Å². The second-order valence-corrected chi connectivity index (χ2v) is 4.18. The van der Waals surface area contributed by atoms with Gasteiger partial charge in [-0.1, -0.05) is 30.3 Å². The Morgan fingerprint density at radius 1 is 1.12 bits per heavy atom. The minimum absolute atomic E-state index is 0.603. The summed E-state index contributed by atoms with van der Waals surface area (Å²) in [6.45, 7) is 1.51. The quantitative estimate of drug-likeness (QED) is 0.849. The summed E-state index contributed by atoms with van der Waals surface area (Å²) in [7, 11) is 0. The van der Waals surface area contributed by atoms with Gasteiger partial charge in [0, 0.05) is 18.3 Å². The molecule has 1 N–H and O–H groups in total. The lowest BCUT2D eigenvalue weighted by atomic mass is 10.1. The topological polar surface area (TPSA) is 40.0 Å². The zero-order chi connectivity index (χ0) is 11.7. The van der Waals surface area contributed by atoms with Crippen molar-refractivity contribution in [2.45, 2.75) is 13.1 Å². The third-order valence-corrected chi connectivity index (χ3v) is 3.03. The number of benzene rings is 1. The number of rotatable bonds is 2. The van der Waals surface area contributed by atoms with Gasteiger partial charge in [-0.2, -0.15) is 0 Å². The van der Waals surface area contributed by atoms with Crippen molar-refractivity contribution >= 4 is 5.84 Å². The molecule has 84 valence electrons. The van der Waals surface area contributed by atoms with Gasteiger partial charge in [0.2, 0.25) is 0 Å². The van der Waals surface area contributed by atoms with Crippen LogP contribution in [-0.4, -0.2) is 15.7 Å². The first-order valence-corrected chi connectivity index (χ1v) is 5.66. The summed E-state index contributed by atoms with van der Waals surface area (Å²) < 4.78 is 0. The van der Waals surface area contributed by atoms with Crippen LogP contribution in [0.5, 0.6) is 0 Å². The van der Waals surface area contributed by atoms with E-state index in [1.165, 1.54) is 5.56 Å². The fourth-order valence-corrected chi connectivity index (χ4v) is 2.17. The average Bonchev–Trinajstić information content (AvgIpc) is 2.68. The van der Waals surface area contributed by atoms with E-state index in [0.29, 0.717) is 12.4 Å². The lowest BCUT2D eigenvalue weighted by molar-refractivity contribution is 0.416. The predicted octanol–water partition coefficient (Wildman–Crippen LogP) is 2.42. The molecule has 0 atom stereocenters. The standard InChI is InChI=1S/C14H13N3/c15-14-13-7-2-1-5-11(13)9-17(14)10-12-6-3-4-8-16-12/h1-8,15H,9-10H2.